The van der Waals surface area contributed by atoms with Crippen LogP contribution in [0.1, 0.15) is 66.2 Å². The number of aliphatic hydroxyl groups excluding tert-OH is 2. The third-order valence-electron chi connectivity index (χ3n) is 6.56. The Bertz CT molecular complexity index is 309. The number of hydrogen-bond acceptors (Lipinski definition) is 3. The maximum Gasteiger partial charge on any atom is 0.0701 e. The topological polar surface area (TPSA) is 53.0 Å². The summed E-state index contributed by atoms with van der Waals surface area (Å²) in [6.45, 7) is 11.2. The Kier molecular flexibility index (Phi) is 6.32. The van der Waals surface area contributed by atoms with E-state index in [0.717, 1.165) is 37.9 Å². The van der Waals surface area contributed by atoms with Gasteiger partial charge in [-0.05, 0) is 67.6 Å². The Balaban J connectivity index is 0.000000523. The first-order chi connectivity index (χ1) is 10.3. The maximum absolute atomic E-state index is 9.92. The molecular formula is C19H36O3. The van der Waals surface area contributed by atoms with E-state index in [-0.39, 0.29) is 12.2 Å². The van der Waals surface area contributed by atoms with Crippen molar-refractivity contribution in [1.82, 2.24) is 0 Å². The summed E-state index contributed by atoms with van der Waals surface area (Å²) in [5.74, 6) is 2.37. The summed E-state index contributed by atoms with van der Waals surface area (Å²) in [5, 5.41) is 19.8. The first-order valence-electron chi connectivity index (χ1n) is 9.26. The molecule has 0 aromatic carbocycles. The van der Waals surface area contributed by atoms with E-state index >= 15 is 0 Å². The van der Waals surface area contributed by atoms with Gasteiger partial charge in [0.15, 0.2) is 0 Å². The van der Waals surface area contributed by atoms with E-state index in [1.807, 2.05) is 0 Å². The molecule has 22 heavy (non-hydrogen) atoms. The van der Waals surface area contributed by atoms with Crippen LogP contribution in [0.25, 0.3) is 0 Å². The second-order valence-corrected chi connectivity index (χ2v) is 8.54. The third kappa shape index (κ3) is 4.69. The van der Waals surface area contributed by atoms with Gasteiger partial charge < -0.3 is 14.9 Å². The summed E-state index contributed by atoms with van der Waals surface area (Å²) in [7, 11) is 0. The van der Waals surface area contributed by atoms with Crippen LogP contribution in [-0.4, -0.2) is 35.6 Å². The molecule has 130 valence electrons. The second kappa shape index (κ2) is 7.63. The zero-order chi connectivity index (χ0) is 16.3. The lowest BCUT2D eigenvalue weighted by atomic mass is 9.58. The van der Waals surface area contributed by atoms with Gasteiger partial charge in [0.2, 0.25) is 0 Å². The minimum absolute atomic E-state index is 0.0841. The molecule has 0 aromatic rings. The third-order valence-corrected chi connectivity index (χ3v) is 6.56. The maximum atomic E-state index is 9.92. The number of rotatable bonds is 2. The molecule has 2 aliphatic carbocycles. The van der Waals surface area contributed by atoms with Gasteiger partial charge in [-0.15, -0.1) is 0 Å². The number of hydrogen-bond donors (Lipinski definition) is 2. The van der Waals surface area contributed by atoms with Gasteiger partial charge in [-0.25, -0.2) is 0 Å². The smallest absolute Gasteiger partial charge is 0.0701 e. The van der Waals surface area contributed by atoms with Crippen LogP contribution in [0.3, 0.4) is 0 Å². The van der Waals surface area contributed by atoms with E-state index in [9.17, 15) is 10.2 Å². The van der Waals surface area contributed by atoms with Crippen molar-refractivity contribution in [3.8, 4) is 0 Å². The molecule has 3 nitrogen and oxygen atoms in total. The van der Waals surface area contributed by atoms with E-state index < -0.39 is 0 Å². The van der Waals surface area contributed by atoms with Crippen molar-refractivity contribution >= 4 is 0 Å². The predicted octanol–water partition coefficient (Wildman–Crippen LogP) is 3.62. The van der Waals surface area contributed by atoms with E-state index in [1.165, 1.54) is 25.7 Å². The lowest BCUT2D eigenvalue weighted by molar-refractivity contribution is -0.0334. The quantitative estimate of drug-likeness (QED) is 0.766. The highest BCUT2D eigenvalue weighted by molar-refractivity contribution is 4.93. The van der Waals surface area contributed by atoms with Crippen LogP contribution < -0.4 is 0 Å². The highest BCUT2D eigenvalue weighted by Crippen LogP contribution is 2.50. The van der Waals surface area contributed by atoms with Gasteiger partial charge in [-0.1, -0.05) is 27.7 Å². The second-order valence-electron chi connectivity index (χ2n) is 8.54. The monoisotopic (exact) mass is 312 g/mol. The molecule has 1 heterocycles. The molecule has 0 spiro atoms. The van der Waals surface area contributed by atoms with Crippen LogP contribution in [0.4, 0.5) is 0 Å². The van der Waals surface area contributed by atoms with Gasteiger partial charge in [0.05, 0.1) is 25.4 Å². The summed E-state index contributed by atoms with van der Waals surface area (Å²) >= 11 is 0. The minimum atomic E-state index is -0.0841. The Hall–Kier alpha value is -0.120. The molecule has 0 radical (unpaired) electrons. The van der Waals surface area contributed by atoms with Gasteiger partial charge in [0, 0.05) is 0 Å². The Morgan fingerprint density at radius 2 is 1.14 bits per heavy atom. The SMILES string of the molecule is C1CO1.CC1CC(C(C)(C)C2CCC(O)C(C)C2)CCC1O. The van der Waals surface area contributed by atoms with E-state index in [2.05, 4.69) is 32.4 Å². The van der Waals surface area contributed by atoms with Crippen molar-refractivity contribution < 1.29 is 14.9 Å². The molecule has 0 bridgehead atoms. The van der Waals surface area contributed by atoms with E-state index in [1.54, 1.807) is 0 Å². The van der Waals surface area contributed by atoms with E-state index in [0.29, 0.717) is 17.3 Å². The first-order valence-corrected chi connectivity index (χ1v) is 9.26. The standard InChI is InChI=1S/C17H32O2.C2H4O/c1-11-9-13(5-7-15(11)18)17(3,4)14-6-8-16(19)12(2)10-14;1-2-3-1/h11-16,18-19H,5-10H2,1-4H3;1-2H2. The Labute approximate surface area is 136 Å². The molecule has 3 fully saturated rings. The average Bonchev–Trinajstić information content (AvgIpc) is 3.33. The van der Waals surface area contributed by atoms with Crippen LogP contribution in [0.2, 0.25) is 0 Å². The van der Waals surface area contributed by atoms with Crippen molar-refractivity contribution in [1.29, 1.82) is 0 Å². The molecule has 1 saturated heterocycles. The summed E-state index contributed by atoms with van der Waals surface area (Å²) in [6.07, 6.45) is 6.46. The largest absolute Gasteiger partial charge is 0.393 e. The lowest BCUT2D eigenvalue weighted by Gasteiger charge is -2.48. The summed E-state index contributed by atoms with van der Waals surface area (Å²) in [5.41, 5.74) is 0.350. The number of epoxide rings is 1. The van der Waals surface area contributed by atoms with Crippen molar-refractivity contribution in [2.75, 3.05) is 13.2 Å². The van der Waals surface area contributed by atoms with Gasteiger partial charge in [-0.2, -0.15) is 0 Å². The molecule has 6 atom stereocenters. The van der Waals surface area contributed by atoms with Crippen LogP contribution in [0, 0.1) is 29.1 Å². The van der Waals surface area contributed by atoms with Crippen LogP contribution in [0.5, 0.6) is 0 Å². The zero-order valence-corrected chi connectivity index (χ0v) is 14.9. The van der Waals surface area contributed by atoms with Gasteiger partial charge >= 0.3 is 0 Å². The predicted molar refractivity (Wildman–Crippen MR) is 89.6 cm³/mol. The highest BCUT2D eigenvalue weighted by atomic mass is 16.6. The Morgan fingerprint density at radius 1 is 0.773 bits per heavy atom. The molecule has 0 amide bonds. The lowest BCUT2D eigenvalue weighted by Crippen LogP contribution is -2.42. The summed E-state index contributed by atoms with van der Waals surface area (Å²) in [4.78, 5) is 0. The zero-order valence-electron chi connectivity index (χ0n) is 14.9. The number of aliphatic hydroxyl groups is 2. The fraction of sp³-hybridized carbons (Fsp3) is 1.00. The summed E-state index contributed by atoms with van der Waals surface area (Å²) in [6, 6.07) is 0. The van der Waals surface area contributed by atoms with Crippen molar-refractivity contribution in [2.24, 2.45) is 29.1 Å². The molecule has 3 aliphatic rings. The molecule has 2 saturated carbocycles. The minimum Gasteiger partial charge on any atom is -0.393 e. The van der Waals surface area contributed by atoms with Crippen molar-refractivity contribution in [2.45, 2.75) is 78.4 Å². The molecule has 1 aliphatic heterocycles. The molecule has 3 rings (SSSR count). The molecule has 2 N–H and O–H groups in total. The highest BCUT2D eigenvalue weighted by Gasteiger charge is 2.43. The van der Waals surface area contributed by atoms with Crippen LogP contribution in [0.15, 0.2) is 0 Å². The summed E-state index contributed by atoms with van der Waals surface area (Å²) < 4.78 is 4.50. The van der Waals surface area contributed by atoms with Gasteiger partial charge in [-0.3, -0.25) is 0 Å². The average molecular weight is 312 g/mol. The Morgan fingerprint density at radius 3 is 1.41 bits per heavy atom. The van der Waals surface area contributed by atoms with E-state index in [4.69, 9.17) is 0 Å². The van der Waals surface area contributed by atoms with Crippen LogP contribution >= 0.6 is 0 Å². The van der Waals surface area contributed by atoms with Gasteiger partial charge in [0.25, 0.3) is 0 Å². The van der Waals surface area contributed by atoms with Crippen molar-refractivity contribution in [3.63, 3.8) is 0 Å². The number of ether oxygens (including phenoxy) is 1. The molecule has 3 heteroatoms. The first kappa shape index (κ1) is 18.2. The normalized spacial score (nSPS) is 42.3. The van der Waals surface area contributed by atoms with Gasteiger partial charge in [0.1, 0.15) is 0 Å². The van der Waals surface area contributed by atoms with Crippen LogP contribution in [-0.2, 0) is 4.74 Å². The molecular weight excluding hydrogens is 276 g/mol. The molecule has 0 aromatic heterocycles. The fourth-order valence-corrected chi connectivity index (χ4v) is 4.45. The molecule has 6 unspecified atom stereocenters. The van der Waals surface area contributed by atoms with Crippen molar-refractivity contribution in [3.05, 3.63) is 0 Å². The fourth-order valence-electron chi connectivity index (χ4n) is 4.45.